The topological polar surface area (TPSA) is 52.7 Å². The zero-order chi connectivity index (χ0) is 11.2. The smallest absolute Gasteiger partial charge is 0.258 e. The molecule has 0 aromatic carbocycles. The molecule has 6 heteroatoms. The summed E-state index contributed by atoms with van der Waals surface area (Å²) in [5.74, 6) is 0.0637. The maximum Gasteiger partial charge on any atom is 0.258 e. The minimum Gasteiger partial charge on any atom is -0.315 e. The number of hydrazine groups is 1. The molecule has 0 aliphatic carbocycles. The van der Waals surface area contributed by atoms with Crippen LogP contribution in [-0.4, -0.2) is 48.0 Å². The quantitative estimate of drug-likeness (QED) is 0.631. The third-order valence-corrected chi connectivity index (χ3v) is 3.95. The van der Waals surface area contributed by atoms with Crippen molar-refractivity contribution in [3.05, 3.63) is 0 Å². The number of nitrogens with zero attached hydrogens (tertiary/aromatic N) is 2. The van der Waals surface area contributed by atoms with Crippen LogP contribution in [0.2, 0.25) is 0 Å². The fourth-order valence-electron chi connectivity index (χ4n) is 3.04. The van der Waals surface area contributed by atoms with Crippen molar-refractivity contribution in [1.82, 2.24) is 15.3 Å². The Bertz CT molecular complexity index is 316. The number of carbonyl (C=O) groups excluding carboxylic acids is 2. The van der Waals surface area contributed by atoms with Gasteiger partial charge >= 0.3 is 0 Å². The average Bonchev–Trinajstić information content (AvgIpc) is 2.55. The van der Waals surface area contributed by atoms with Gasteiger partial charge in [0.25, 0.3) is 11.8 Å². The number of halogens is 1. The summed E-state index contributed by atoms with van der Waals surface area (Å²) in [7, 11) is 0. The summed E-state index contributed by atoms with van der Waals surface area (Å²) in [5, 5.41) is 6.55. The van der Waals surface area contributed by atoms with Crippen molar-refractivity contribution < 1.29 is 9.59 Å². The molecule has 0 radical (unpaired) electrons. The van der Waals surface area contributed by atoms with Gasteiger partial charge in [0.05, 0.1) is 0 Å². The minimum absolute atomic E-state index is 0. The van der Waals surface area contributed by atoms with Crippen molar-refractivity contribution in [1.29, 1.82) is 0 Å². The van der Waals surface area contributed by atoms with Gasteiger partial charge in [-0.3, -0.25) is 19.6 Å². The van der Waals surface area contributed by atoms with E-state index in [1.54, 1.807) is 10.0 Å². The van der Waals surface area contributed by atoms with Gasteiger partial charge in [0, 0.05) is 19.6 Å². The first kappa shape index (κ1) is 12.6. The molecule has 2 amide bonds. The highest BCUT2D eigenvalue weighted by molar-refractivity contribution is 6.10. The summed E-state index contributed by atoms with van der Waals surface area (Å²) >= 11 is 0. The zero-order valence-electron chi connectivity index (χ0n) is 9.78. The van der Waals surface area contributed by atoms with Crippen LogP contribution < -0.4 is 5.32 Å². The molecule has 0 unspecified atom stereocenters. The molecule has 3 saturated heterocycles. The highest BCUT2D eigenvalue weighted by atomic mass is 35.5. The Hall–Kier alpha value is -0.810. The molecule has 96 valence electrons. The van der Waals surface area contributed by atoms with Crippen molar-refractivity contribution >= 4 is 24.2 Å². The van der Waals surface area contributed by atoms with Gasteiger partial charge in [0.2, 0.25) is 0 Å². The van der Waals surface area contributed by atoms with E-state index in [1.165, 1.54) is 0 Å². The molecule has 0 atom stereocenters. The van der Waals surface area contributed by atoms with Crippen molar-refractivity contribution in [3.63, 3.8) is 0 Å². The molecule has 17 heavy (non-hydrogen) atoms. The van der Waals surface area contributed by atoms with Gasteiger partial charge in [-0.25, -0.2) is 0 Å². The molecule has 3 aliphatic rings. The second-order valence-electron chi connectivity index (χ2n) is 4.93. The molecule has 0 saturated carbocycles. The summed E-state index contributed by atoms with van der Waals surface area (Å²) in [6, 6.07) is 0. The Morgan fingerprint density at radius 3 is 2.06 bits per heavy atom. The van der Waals surface area contributed by atoms with Gasteiger partial charge in [0.15, 0.2) is 0 Å². The molecule has 5 nitrogen and oxygen atoms in total. The molecule has 3 heterocycles. The number of amides is 2. The van der Waals surface area contributed by atoms with Crippen LogP contribution in [0.1, 0.15) is 25.7 Å². The third kappa shape index (κ3) is 1.64. The fourth-order valence-corrected chi connectivity index (χ4v) is 3.04. The van der Waals surface area contributed by atoms with Crippen molar-refractivity contribution in [2.45, 2.75) is 25.7 Å². The predicted octanol–water partition coefficient (Wildman–Crippen LogP) is 0.158. The van der Waals surface area contributed by atoms with Crippen molar-refractivity contribution in [2.24, 2.45) is 5.41 Å². The highest BCUT2D eigenvalue weighted by Crippen LogP contribution is 2.38. The first-order valence-corrected chi connectivity index (χ1v) is 6.10. The normalized spacial score (nSPS) is 27.1. The monoisotopic (exact) mass is 259 g/mol. The number of rotatable bonds is 0. The van der Waals surface area contributed by atoms with Crippen LogP contribution in [-0.2, 0) is 9.59 Å². The lowest BCUT2D eigenvalue weighted by molar-refractivity contribution is -0.150. The van der Waals surface area contributed by atoms with Crippen LogP contribution >= 0.6 is 12.4 Å². The van der Waals surface area contributed by atoms with E-state index >= 15 is 0 Å². The molecule has 0 aromatic heterocycles. The second-order valence-corrected chi connectivity index (χ2v) is 4.93. The van der Waals surface area contributed by atoms with Gasteiger partial charge in [-0.2, -0.15) is 0 Å². The molecular formula is C11H18ClN3O2. The van der Waals surface area contributed by atoms with E-state index in [2.05, 4.69) is 5.32 Å². The van der Waals surface area contributed by atoms with E-state index in [1.807, 2.05) is 0 Å². The molecule has 0 aromatic rings. The standard InChI is InChI=1S/C11H17N3O2.ClH/c15-9-11(4-3-5-12-8-11)10(16)14-7-2-1-6-13(9)14;/h12H,1-8H2;1H. The number of nitrogens with one attached hydrogen (secondary N) is 1. The lowest BCUT2D eigenvalue weighted by atomic mass is 9.80. The molecule has 1 spiro atoms. The first-order valence-electron chi connectivity index (χ1n) is 6.10. The summed E-state index contributed by atoms with van der Waals surface area (Å²) in [4.78, 5) is 24.7. The Kier molecular flexibility index (Phi) is 3.32. The SMILES string of the molecule is Cl.O=C1N2CCCCN2C(=O)C12CCCNC2. The van der Waals surface area contributed by atoms with Gasteiger partial charge in [-0.1, -0.05) is 0 Å². The zero-order valence-corrected chi connectivity index (χ0v) is 10.6. The van der Waals surface area contributed by atoms with Crippen LogP contribution in [0.3, 0.4) is 0 Å². The summed E-state index contributed by atoms with van der Waals surface area (Å²) < 4.78 is 0. The van der Waals surface area contributed by atoms with Gasteiger partial charge in [-0.15, -0.1) is 12.4 Å². The first-order chi connectivity index (χ1) is 7.76. The molecule has 3 aliphatic heterocycles. The molecular weight excluding hydrogens is 242 g/mol. The minimum atomic E-state index is -0.761. The second kappa shape index (κ2) is 4.46. The van der Waals surface area contributed by atoms with Crippen LogP contribution in [0.25, 0.3) is 0 Å². The fraction of sp³-hybridized carbons (Fsp3) is 0.818. The number of hydrogen-bond donors (Lipinski definition) is 1. The number of carbonyl (C=O) groups is 2. The maximum atomic E-state index is 12.4. The Morgan fingerprint density at radius 1 is 1.00 bits per heavy atom. The van der Waals surface area contributed by atoms with Gasteiger partial charge < -0.3 is 5.32 Å². The number of fused-ring (bicyclic) bond motifs is 1. The van der Waals surface area contributed by atoms with E-state index < -0.39 is 5.41 Å². The van der Waals surface area contributed by atoms with Crippen LogP contribution in [0, 0.1) is 5.41 Å². The van der Waals surface area contributed by atoms with Crippen LogP contribution in [0.4, 0.5) is 0 Å². The third-order valence-electron chi connectivity index (χ3n) is 3.95. The Labute approximate surface area is 107 Å². The van der Waals surface area contributed by atoms with E-state index in [0.29, 0.717) is 26.1 Å². The molecule has 3 rings (SSSR count). The maximum absolute atomic E-state index is 12.4. The predicted molar refractivity (Wildman–Crippen MR) is 64.4 cm³/mol. The molecule has 1 N–H and O–H groups in total. The summed E-state index contributed by atoms with van der Waals surface area (Å²) in [6.07, 6.45) is 3.65. The largest absolute Gasteiger partial charge is 0.315 e. The molecule has 0 bridgehead atoms. The van der Waals surface area contributed by atoms with Crippen LogP contribution in [0.15, 0.2) is 0 Å². The lowest BCUT2D eigenvalue weighted by Gasteiger charge is -2.31. The van der Waals surface area contributed by atoms with E-state index in [0.717, 1.165) is 25.8 Å². The average molecular weight is 260 g/mol. The van der Waals surface area contributed by atoms with E-state index in [9.17, 15) is 9.59 Å². The van der Waals surface area contributed by atoms with E-state index in [4.69, 9.17) is 0 Å². The molecule has 3 fully saturated rings. The van der Waals surface area contributed by atoms with Gasteiger partial charge in [-0.05, 0) is 32.2 Å². The van der Waals surface area contributed by atoms with Gasteiger partial charge in [0.1, 0.15) is 5.41 Å². The van der Waals surface area contributed by atoms with Crippen molar-refractivity contribution in [2.75, 3.05) is 26.2 Å². The summed E-state index contributed by atoms with van der Waals surface area (Å²) in [5.41, 5.74) is -0.761. The summed E-state index contributed by atoms with van der Waals surface area (Å²) in [6.45, 7) is 2.87. The van der Waals surface area contributed by atoms with E-state index in [-0.39, 0.29) is 24.2 Å². The number of hydrogen-bond acceptors (Lipinski definition) is 3. The lowest BCUT2D eigenvalue weighted by Crippen LogP contribution is -2.49. The Balaban J connectivity index is 0.00000108. The van der Waals surface area contributed by atoms with Crippen molar-refractivity contribution in [3.8, 4) is 0 Å². The Morgan fingerprint density at radius 2 is 1.59 bits per heavy atom. The van der Waals surface area contributed by atoms with Crippen LogP contribution in [0.5, 0.6) is 0 Å². The highest BCUT2D eigenvalue weighted by Gasteiger charge is 2.58. The number of piperidine rings is 1.